The number of carboxylic acids is 1. The molecule has 36 heavy (non-hydrogen) atoms. The van der Waals surface area contributed by atoms with Crippen molar-refractivity contribution >= 4 is 29.2 Å². The number of aryl methyl sites for hydroxylation is 1. The standard InChI is InChI=1S/C29H29ClN2O4/c30-22-11-12-26(36-19-28(34)35)24(18-22)29-23-9-3-1-6-20(23)13-17-32(29)27(33)14-16-31-15-5-8-21-7-2-4-10-25(21)31/h1-4,6-7,9-12,18,29H,5,8,13-17,19H2,(H,34,35). The van der Waals surface area contributed by atoms with Crippen LogP contribution in [-0.2, 0) is 22.4 Å². The predicted molar refractivity (Wildman–Crippen MR) is 140 cm³/mol. The molecule has 0 bridgehead atoms. The molecule has 3 aromatic rings. The van der Waals surface area contributed by atoms with Crippen LogP contribution in [-0.4, -0.2) is 48.1 Å². The number of nitrogens with zero attached hydrogens (tertiary/aromatic N) is 2. The van der Waals surface area contributed by atoms with Gasteiger partial charge in [0.1, 0.15) is 5.75 Å². The van der Waals surface area contributed by atoms with Crippen LogP contribution in [0, 0.1) is 0 Å². The smallest absolute Gasteiger partial charge is 0.341 e. The van der Waals surface area contributed by atoms with Crippen LogP contribution in [0.15, 0.2) is 66.7 Å². The minimum absolute atomic E-state index is 0.0571. The Kier molecular flexibility index (Phi) is 7.14. The Hall–Kier alpha value is -3.51. The van der Waals surface area contributed by atoms with Gasteiger partial charge in [0.2, 0.25) is 5.91 Å². The number of carbonyl (C=O) groups excluding carboxylic acids is 1. The maximum absolute atomic E-state index is 13.7. The van der Waals surface area contributed by atoms with E-state index >= 15 is 0 Å². The van der Waals surface area contributed by atoms with Crippen LogP contribution in [0.3, 0.4) is 0 Å². The van der Waals surface area contributed by atoms with E-state index in [9.17, 15) is 14.7 Å². The number of carbonyl (C=O) groups is 2. The molecule has 2 heterocycles. The summed E-state index contributed by atoms with van der Waals surface area (Å²) < 4.78 is 5.64. The number of anilines is 1. The third-order valence-corrected chi connectivity index (χ3v) is 7.26. The molecule has 2 aliphatic heterocycles. The van der Waals surface area contributed by atoms with E-state index in [4.69, 9.17) is 16.3 Å². The molecular formula is C29H29ClN2O4. The summed E-state index contributed by atoms with van der Waals surface area (Å²) in [6.45, 7) is 1.70. The molecule has 3 aromatic carbocycles. The Morgan fingerprint density at radius 2 is 1.72 bits per heavy atom. The second-order valence-electron chi connectivity index (χ2n) is 9.27. The van der Waals surface area contributed by atoms with E-state index in [0.717, 1.165) is 31.4 Å². The van der Waals surface area contributed by atoms with E-state index in [2.05, 4.69) is 29.2 Å². The molecule has 7 heteroatoms. The molecule has 186 valence electrons. The highest BCUT2D eigenvalue weighted by Crippen LogP contribution is 2.41. The van der Waals surface area contributed by atoms with Gasteiger partial charge in [0, 0.05) is 42.3 Å². The summed E-state index contributed by atoms with van der Waals surface area (Å²) in [5.41, 5.74) is 5.44. The van der Waals surface area contributed by atoms with Crippen LogP contribution in [0.4, 0.5) is 5.69 Å². The van der Waals surface area contributed by atoms with Crippen molar-refractivity contribution in [2.75, 3.05) is 31.1 Å². The lowest BCUT2D eigenvalue weighted by atomic mass is 9.87. The highest BCUT2D eigenvalue weighted by Gasteiger charge is 2.34. The van der Waals surface area contributed by atoms with Crippen molar-refractivity contribution in [2.24, 2.45) is 0 Å². The average molecular weight is 505 g/mol. The number of halogens is 1. The molecule has 1 N–H and O–H groups in total. The SMILES string of the molecule is O=C(O)COc1ccc(Cl)cc1C1c2ccccc2CCN1C(=O)CCN1CCCc2ccccc21. The fourth-order valence-electron chi connectivity index (χ4n) is 5.39. The number of aliphatic carboxylic acids is 1. The van der Waals surface area contributed by atoms with Gasteiger partial charge in [-0.3, -0.25) is 4.79 Å². The minimum atomic E-state index is -1.06. The number of para-hydroxylation sites is 1. The van der Waals surface area contributed by atoms with Crippen molar-refractivity contribution in [3.05, 3.63) is 94.0 Å². The number of hydrogen-bond acceptors (Lipinski definition) is 4. The van der Waals surface area contributed by atoms with Crippen molar-refractivity contribution in [1.82, 2.24) is 4.90 Å². The lowest BCUT2D eigenvalue weighted by Crippen LogP contribution is -2.42. The fraction of sp³-hybridized carbons (Fsp3) is 0.310. The van der Waals surface area contributed by atoms with Crippen LogP contribution in [0.25, 0.3) is 0 Å². The van der Waals surface area contributed by atoms with Gasteiger partial charge < -0.3 is 19.6 Å². The van der Waals surface area contributed by atoms with Crippen LogP contribution in [0.1, 0.15) is 41.1 Å². The molecule has 0 aliphatic carbocycles. The molecule has 0 spiro atoms. The number of fused-ring (bicyclic) bond motifs is 2. The number of benzene rings is 3. The molecule has 1 atom stereocenters. The zero-order valence-corrected chi connectivity index (χ0v) is 20.8. The van der Waals surface area contributed by atoms with Gasteiger partial charge >= 0.3 is 5.97 Å². The van der Waals surface area contributed by atoms with E-state index < -0.39 is 18.6 Å². The predicted octanol–water partition coefficient (Wildman–Crippen LogP) is 5.12. The van der Waals surface area contributed by atoms with Crippen LogP contribution in [0.5, 0.6) is 5.75 Å². The van der Waals surface area contributed by atoms with Crippen LogP contribution < -0.4 is 9.64 Å². The van der Waals surface area contributed by atoms with Gasteiger partial charge in [-0.05, 0) is 60.2 Å². The van der Waals surface area contributed by atoms with Crippen molar-refractivity contribution in [2.45, 2.75) is 31.7 Å². The molecule has 1 unspecified atom stereocenters. The first-order valence-corrected chi connectivity index (χ1v) is 12.7. The highest BCUT2D eigenvalue weighted by molar-refractivity contribution is 6.30. The van der Waals surface area contributed by atoms with E-state index in [0.29, 0.717) is 35.8 Å². The van der Waals surface area contributed by atoms with Crippen molar-refractivity contribution in [1.29, 1.82) is 0 Å². The van der Waals surface area contributed by atoms with Crippen molar-refractivity contribution < 1.29 is 19.4 Å². The molecule has 1 amide bonds. The molecular weight excluding hydrogens is 476 g/mol. The zero-order chi connectivity index (χ0) is 25.1. The Labute approximate surface area is 216 Å². The number of rotatable bonds is 7. The van der Waals surface area contributed by atoms with Gasteiger partial charge in [0.25, 0.3) is 0 Å². The first-order chi connectivity index (χ1) is 17.5. The number of carboxylic acid groups (broad SMARTS) is 1. The molecule has 0 fully saturated rings. The fourth-order valence-corrected chi connectivity index (χ4v) is 5.57. The summed E-state index contributed by atoms with van der Waals surface area (Å²) in [6, 6.07) is 21.2. The highest BCUT2D eigenvalue weighted by atomic mass is 35.5. The first-order valence-electron chi connectivity index (χ1n) is 12.4. The molecule has 6 nitrogen and oxygen atoms in total. The Morgan fingerprint density at radius 3 is 2.56 bits per heavy atom. The lowest BCUT2D eigenvalue weighted by Gasteiger charge is -2.39. The van der Waals surface area contributed by atoms with Gasteiger partial charge in [-0.2, -0.15) is 0 Å². The summed E-state index contributed by atoms with van der Waals surface area (Å²) in [4.78, 5) is 29.2. The average Bonchev–Trinajstić information content (AvgIpc) is 2.90. The maximum atomic E-state index is 13.7. The molecule has 0 aromatic heterocycles. The third kappa shape index (κ3) is 5.05. The van der Waals surface area contributed by atoms with Gasteiger partial charge in [0.15, 0.2) is 6.61 Å². The second kappa shape index (κ2) is 10.6. The van der Waals surface area contributed by atoms with E-state index in [1.807, 2.05) is 29.2 Å². The topological polar surface area (TPSA) is 70.1 Å². The molecule has 0 saturated carbocycles. The Bertz CT molecular complexity index is 1280. The lowest BCUT2D eigenvalue weighted by molar-refractivity contribution is -0.139. The number of hydrogen-bond donors (Lipinski definition) is 1. The third-order valence-electron chi connectivity index (χ3n) is 7.02. The summed E-state index contributed by atoms with van der Waals surface area (Å²) in [5.74, 6) is -0.581. The quantitative estimate of drug-likeness (QED) is 0.483. The number of ether oxygens (including phenoxy) is 1. The van der Waals surface area contributed by atoms with Crippen LogP contribution in [0.2, 0.25) is 5.02 Å². The maximum Gasteiger partial charge on any atom is 0.341 e. The summed E-state index contributed by atoms with van der Waals surface area (Å²) in [7, 11) is 0. The number of amides is 1. The van der Waals surface area contributed by atoms with Crippen molar-refractivity contribution in [3.8, 4) is 5.75 Å². The molecule has 0 radical (unpaired) electrons. The monoisotopic (exact) mass is 504 g/mol. The second-order valence-corrected chi connectivity index (χ2v) is 9.71. The zero-order valence-electron chi connectivity index (χ0n) is 20.0. The normalized spacial score (nSPS) is 16.8. The van der Waals surface area contributed by atoms with E-state index in [-0.39, 0.29) is 5.91 Å². The summed E-state index contributed by atoms with van der Waals surface area (Å²) in [5, 5.41) is 9.68. The van der Waals surface area contributed by atoms with Crippen molar-refractivity contribution in [3.63, 3.8) is 0 Å². The van der Waals surface area contributed by atoms with E-state index in [1.54, 1.807) is 18.2 Å². The van der Waals surface area contributed by atoms with Gasteiger partial charge in [-0.1, -0.05) is 54.1 Å². The molecule has 5 rings (SSSR count). The summed E-state index contributed by atoms with van der Waals surface area (Å²) in [6.07, 6.45) is 3.30. The minimum Gasteiger partial charge on any atom is -0.482 e. The molecule has 0 saturated heterocycles. The Morgan fingerprint density at radius 1 is 0.944 bits per heavy atom. The largest absolute Gasteiger partial charge is 0.482 e. The Balaban J connectivity index is 1.44. The van der Waals surface area contributed by atoms with Gasteiger partial charge in [0.05, 0.1) is 6.04 Å². The summed E-state index contributed by atoms with van der Waals surface area (Å²) >= 11 is 6.38. The molecule has 2 aliphatic rings. The van der Waals surface area contributed by atoms with Crippen LogP contribution >= 0.6 is 11.6 Å². The van der Waals surface area contributed by atoms with Gasteiger partial charge in [-0.25, -0.2) is 4.79 Å². The first kappa shape index (κ1) is 24.2. The van der Waals surface area contributed by atoms with Gasteiger partial charge in [-0.15, -0.1) is 0 Å². The van der Waals surface area contributed by atoms with E-state index in [1.165, 1.54) is 16.8 Å².